The highest BCUT2D eigenvalue weighted by molar-refractivity contribution is 5.82. The molecular formula is C4H7F2N3O2. The lowest BCUT2D eigenvalue weighted by atomic mass is 10.7. The summed E-state index contributed by atoms with van der Waals surface area (Å²) >= 11 is 0. The zero-order valence-electron chi connectivity index (χ0n) is 5.67. The first-order valence-corrected chi connectivity index (χ1v) is 2.57. The lowest BCUT2D eigenvalue weighted by Gasteiger charge is -2.14. The van der Waals surface area contributed by atoms with Gasteiger partial charge >= 0.3 is 18.4 Å². The number of nitrogens with two attached hydrogens (primary N) is 1. The molecule has 0 saturated carbocycles. The van der Waals surface area contributed by atoms with Crippen LogP contribution in [0.4, 0.5) is 13.6 Å². The molecule has 0 aromatic rings. The normalized spacial score (nSPS) is 9.45. The second kappa shape index (κ2) is 3.69. The van der Waals surface area contributed by atoms with Gasteiger partial charge in [0, 0.05) is 7.05 Å². The second-order valence-electron chi connectivity index (χ2n) is 1.67. The van der Waals surface area contributed by atoms with Gasteiger partial charge in [0.15, 0.2) is 0 Å². The number of halogens is 2. The molecule has 0 atom stereocenters. The molecule has 0 aliphatic rings. The van der Waals surface area contributed by atoms with E-state index in [9.17, 15) is 18.4 Å². The van der Waals surface area contributed by atoms with Crippen LogP contribution >= 0.6 is 0 Å². The zero-order chi connectivity index (χ0) is 9.02. The minimum absolute atomic E-state index is 0.467. The monoisotopic (exact) mass is 167 g/mol. The van der Waals surface area contributed by atoms with Crippen LogP contribution in [0.2, 0.25) is 0 Å². The van der Waals surface area contributed by atoms with Gasteiger partial charge in [-0.05, 0) is 0 Å². The zero-order valence-corrected chi connectivity index (χ0v) is 5.67. The van der Waals surface area contributed by atoms with Crippen molar-refractivity contribution < 1.29 is 18.4 Å². The molecule has 3 N–H and O–H groups in total. The number of urea groups is 1. The van der Waals surface area contributed by atoms with Crippen molar-refractivity contribution in [1.82, 2.24) is 10.4 Å². The predicted molar refractivity (Wildman–Crippen MR) is 31.5 cm³/mol. The van der Waals surface area contributed by atoms with Crippen LogP contribution in [0.3, 0.4) is 0 Å². The molecule has 11 heavy (non-hydrogen) atoms. The molecule has 0 saturated heterocycles. The van der Waals surface area contributed by atoms with E-state index in [0.29, 0.717) is 5.01 Å². The fourth-order valence-electron chi connectivity index (χ4n) is 0.269. The van der Waals surface area contributed by atoms with Crippen LogP contribution in [0, 0.1) is 0 Å². The Balaban J connectivity index is 3.85. The molecule has 7 heteroatoms. The Hall–Kier alpha value is -1.40. The van der Waals surface area contributed by atoms with E-state index >= 15 is 0 Å². The fourth-order valence-corrected chi connectivity index (χ4v) is 0.269. The van der Waals surface area contributed by atoms with Crippen LogP contribution in [0.1, 0.15) is 0 Å². The minimum Gasteiger partial charge on any atom is -0.350 e. The topological polar surface area (TPSA) is 75.4 Å². The molecule has 0 aliphatic heterocycles. The summed E-state index contributed by atoms with van der Waals surface area (Å²) in [6, 6.07) is -1.01. The van der Waals surface area contributed by atoms with E-state index in [-0.39, 0.29) is 0 Å². The summed E-state index contributed by atoms with van der Waals surface area (Å²) in [7, 11) is 1.06. The van der Waals surface area contributed by atoms with E-state index < -0.39 is 18.4 Å². The van der Waals surface area contributed by atoms with Crippen LogP contribution in [0.5, 0.6) is 0 Å². The van der Waals surface area contributed by atoms with E-state index in [1.165, 1.54) is 0 Å². The molecule has 64 valence electrons. The number of nitrogens with one attached hydrogen (secondary N) is 1. The largest absolute Gasteiger partial charge is 0.350 e. The van der Waals surface area contributed by atoms with Gasteiger partial charge in [0.2, 0.25) is 0 Å². The number of amides is 3. The van der Waals surface area contributed by atoms with Crippen molar-refractivity contribution in [2.75, 3.05) is 7.05 Å². The molecule has 0 unspecified atom stereocenters. The number of carbonyl (C=O) groups is 2. The van der Waals surface area contributed by atoms with Crippen molar-refractivity contribution in [3.05, 3.63) is 0 Å². The number of primary amides is 1. The van der Waals surface area contributed by atoms with E-state index in [4.69, 9.17) is 0 Å². The third kappa shape index (κ3) is 3.33. The van der Waals surface area contributed by atoms with Gasteiger partial charge in [-0.3, -0.25) is 10.2 Å². The van der Waals surface area contributed by atoms with Gasteiger partial charge in [-0.15, -0.1) is 0 Å². The van der Waals surface area contributed by atoms with Gasteiger partial charge in [-0.25, -0.2) is 9.80 Å². The van der Waals surface area contributed by atoms with Gasteiger partial charge < -0.3 is 5.73 Å². The number of hydrazine groups is 1. The van der Waals surface area contributed by atoms with Crippen molar-refractivity contribution >= 4 is 11.9 Å². The second-order valence-corrected chi connectivity index (χ2v) is 1.67. The smallest absolute Gasteiger partial charge is 0.333 e. The highest BCUT2D eigenvalue weighted by atomic mass is 19.3. The SMILES string of the molecule is CN(NC(=O)C(F)F)C(N)=O. The van der Waals surface area contributed by atoms with Gasteiger partial charge in [0.25, 0.3) is 0 Å². The van der Waals surface area contributed by atoms with E-state index in [1.54, 1.807) is 5.43 Å². The molecular weight excluding hydrogens is 160 g/mol. The minimum atomic E-state index is -3.16. The Bertz CT molecular complexity index is 173. The first kappa shape index (κ1) is 9.60. The standard InChI is InChI=1S/C4H7F2N3O2/c1-9(4(7)11)8-3(10)2(5)6/h2H,1H3,(H2,7,11)(H,8,10). The van der Waals surface area contributed by atoms with Crippen LogP contribution in [-0.2, 0) is 4.79 Å². The van der Waals surface area contributed by atoms with Crippen LogP contribution in [-0.4, -0.2) is 30.4 Å². The average Bonchev–Trinajstić information content (AvgIpc) is 1.87. The van der Waals surface area contributed by atoms with Gasteiger partial charge in [0.1, 0.15) is 0 Å². The van der Waals surface area contributed by atoms with Crippen LogP contribution < -0.4 is 11.2 Å². The van der Waals surface area contributed by atoms with Crippen molar-refractivity contribution in [2.45, 2.75) is 6.43 Å². The van der Waals surface area contributed by atoms with Gasteiger partial charge in [-0.2, -0.15) is 8.78 Å². The molecule has 0 heterocycles. The molecule has 0 fully saturated rings. The fraction of sp³-hybridized carbons (Fsp3) is 0.500. The molecule has 0 radical (unpaired) electrons. The number of hydrogen-bond acceptors (Lipinski definition) is 2. The van der Waals surface area contributed by atoms with Crippen molar-refractivity contribution in [1.29, 1.82) is 0 Å². The quantitative estimate of drug-likeness (QED) is 0.506. The maximum atomic E-state index is 11.5. The molecule has 0 rings (SSSR count). The summed E-state index contributed by atoms with van der Waals surface area (Å²) < 4.78 is 22.9. The number of hydrogen-bond donors (Lipinski definition) is 2. The van der Waals surface area contributed by atoms with Crippen LogP contribution in [0.15, 0.2) is 0 Å². The van der Waals surface area contributed by atoms with Crippen molar-refractivity contribution in [2.24, 2.45) is 5.73 Å². The first-order chi connectivity index (χ1) is 4.95. The maximum Gasteiger partial charge on any atom is 0.333 e. The van der Waals surface area contributed by atoms with Gasteiger partial charge in [-0.1, -0.05) is 0 Å². The Morgan fingerprint density at radius 3 is 2.27 bits per heavy atom. The first-order valence-electron chi connectivity index (χ1n) is 2.57. The summed E-state index contributed by atoms with van der Waals surface area (Å²) in [5, 5.41) is 0.467. The molecule has 0 aromatic heterocycles. The lowest BCUT2D eigenvalue weighted by molar-refractivity contribution is -0.135. The van der Waals surface area contributed by atoms with E-state index in [0.717, 1.165) is 7.05 Å². The predicted octanol–water partition coefficient (Wildman–Crippen LogP) is -0.707. The molecule has 5 nitrogen and oxygen atoms in total. The van der Waals surface area contributed by atoms with E-state index in [1.807, 2.05) is 0 Å². The third-order valence-electron chi connectivity index (χ3n) is 0.807. The lowest BCUT2D eigenvalue weighted by Crippen LogP contribution is -2.48. The summed E-state index contributed by atoms with van der Waals surface area (Å²) in [5.74, 6) is -1.56. The summed E-state index contributed by atoms with van der Waals surface area (Å²) in [6.45, 7) is 0. The summed E-state index contributed by atoms with van der Waals surface area (Å²) in [6.07, 6.45) is -3.16. The molecule has 0 aromatic carbocycles. The average molecular weight is 167 g/mol. The maximum absolute atomic E-state index is 11.5. The third-order valence-corrected chi connectivity index (χ3v) is 0.807. The number of alkyl halides is 2. The Kier molecular flexibility index (Phi) is 3.22. The number of rotatable bonds is 1. The van der Waals surface area contributed by atoms with E-state index in [2.05, 4.69) is 5.73 Å². The number of nitrogens with zero attached hydrogens (tertiary/aromatic N) is 1. The highest BCUT2D eigenvalue weighted by Gasteiger charge is 2.17. The molecule has 0 aliphatic carbocycles. The Morgan fingerprint density at radius 2 is 2.00 bits per heavy atom. The highest BCUT2D eigenvalue weighted by Crippen LogP contribution is 1.90. The number of carbonyl (C=O) groups excluding carboxylic acids is 2. The molecule has 0 spiro atoms. The van der Waals surface area contributed by atoms with Crippen molar-refractivity contribution in [3.8, 4) is 0 Å². The van der Waals surface area contributed by atoms with Crippen LogP contribution in [0.25, 0.3) is 0 Å². The van der Waals surface area contributed by atoms with Gasteiger partial charge in [0.05, 0.1) is 0 Å². The Morgan fingerprint density at radius 1 is 1.55 bits per heavy atom. The van der Waals surface area contributed by atoms with Crippen molar-refractivity contribution in [3.63, 3.8) is 0 Å². The Labute approximate surface area is 61.1 Å². The molecule has 0 bridgehead atoms. The summed E-state index contributed by atoms with van der Waals surface area (Å²) in [4.78, 5) is 20.3. The summed E-state index contributed by atoms with van der Waals surface area (Å²) in [5.41, 5.74) is 6.16. The molecule has 3 amide bonds.